The van der Waals surface area contributed by atoms with Gasteiger partial charge in [-0.2, -0.15) is 0 Å². The maximum atomic E-state index is 13.4. The van der Waals surface area contributed by atoms with Crippen LogP contribution >= 0.6 is 11.6 Å². The molecule has 38 heavy (non-hydrogen) atoms. The molecule has 2 fully saturated rings. The van der Waals surface area contributed by atoms with E-state index >= 15 is 0 Å². The number of nitrogens with zero attached hydrogens (tertiary/aromatic N) is 1. The molecule has 8 heteroatoms. The molecule has 194 valence electrons. The zero-order valence-corrected chi connectivity index (χ0v) is 21.6. The number of aryl methyl sites for hydroxylation is 1. The maximum absolute atomic E-state index is 13.4. The highest BCUT2D eigenvalue weighted by molar-refractivity contribution is 6.31. The fourth-order valence-electron chi connectivity index (χ4n) is 5.36. The Kier molecular flexibility index (Phi) is 7.29. The molecular weight excluding hydrogens is 504 g/mol. The van der Waals surface area contributed by atoms with E-state index in [0.717, 1.165) is 12.0 Å². The first kappa shape index (κ1) is 25.7. The second-order valence-electron chi connectivity index (χ2n) is 9.78. The van der Waals surface area contributed by atoms with Gasteiger partial charge in [-0.25, -0.2) is 4.79 Å². The molecule has 3 amide bonds. The molecule has 7 nitrogen and oxygen atoms in total. The number of esters is 1. The average molecular weight is 531 g/mol. The highest BCUT2D eigenvalue weighted by Crippen LogP contribution is 2.45. The molecule has 1 aliphatic carbocycles. The maximum Gasteiger partial charge on any atom is 0.338 e. The van der Waals surface area contributed by atoms with Gasteiger partial charge in [0.05, 0.1) is 23.1 Å². The molecule has 1 N–H and O–H groups in total. The number of fused-ring (bicyclic) bond motifs is 1. The van der Waals surface area contributed by atoms with Gasteiger partial charge in [-0.3, -0.25) is 19.3 Å². The number of nitrogens with one attached hydrogen (secondary N) is 1. The van der Waals surface area contributed by atoms with Crippen LogP contribution in [0.2, 0.25) is 5.02 Å². The van der Waals surface area contributed by atoms with Crippen LogP contribution in [0.15, 0.2) is 72.8 Å². The van der Waals surface area contributed by atoms with Crippen LogP contribution in [0.5, 0.6) is 0 Å². The Morgan fingerprint density at radius 3 is 2.50 bits per heavy atom. The van der Waals surface area contributed by atoms with E-state index in [9.17, 15) is 19.2 Å². The fraction of sp³-hybridized carbons (Fsp3) is 0.267. The summed E-state index contributed by atoms with van der Waals surface area (Å²) in [6.07, 6.45) is 2.12. The number of hydrogen-bond donors (Lipinski definition) is 1. The molecule has 5 rings (SSSR count). The number of anilines is 2. The summed E-state index contributed by atoms with van der Waals surface area (Å²) in [5.41, 5.74) is 3.01. The summed E-state index contributed by atoms with van der Waals surface area (Å²) in [7, 11) is 0. The summed E-state index contributed by atoms with van der Waals surface area (Å²) in [6, 6.07) is 21.4. The number of rotatable bonds is 6. The van der Waals surface area contributed by atoms with Crippen molar-refractivity contribution in [1.29, 1.82) is 0 Å². The standard InChI is InChI=1S/C30H27ClN2O5/c1-18-10-12-22(31)16-26(18)32-27(34)17-38-30(37)21-8-5-9-23(14-21)33-28(35)24-13-11-20(15-25(24)29(33)36)19-6-3-2-4-7-19/h2-10,12,14,16,20,24-25H,11,13,15,17H2,1H3,(H,32,34)/t20-,24+,25-/m0/s1. The van der Waals surface area contributed by atoms with Gasteiger partial charge in [0.2, 0.25) is 11.8 Å². The SMILES string of the molecule is Cc1ccc(Cl)cc1NC(=O)COC(=O)c1cccc(N2C(=O)[C@H]3C[C@@H](c4ccccc4)CC[C@H]3C2=O)c1. The number of ether oxygens (including phenoxy) is 1. The van der Waals surface area contributed by atoms with Crippen molar-refractivity contribution in [3.05, 3.63) is 94.5 Å². The normalized spacial score (nSPS) is 20.7. The second kappa shape index (κ2) is 10.8. The van der Waals surface area contributed by atoms with Crippen molar-refractivity contribution >= 4 is 46.7 Å². The Morgan fingerprint density at radius 2 is 1.71 bits per heavy atom. The van der Waals surface area contributed by atoms with Crippen molar-refractivity contribution in [2.24, 2.45) is 11.8 Å². The molecule has 1 saturated heterocycles. The Morgan fingerprint density at radius 1 is 0.947 bits per heavy atom. The summed E-state index contributed by atoms with van der Waals surface area (Å²) < 4.78 is 5.19. The minimum Gasteiger partial charge on any atom is -0.452 e. The van der Waals surface area contributed by atoms with E-state index in [1.54, 1.807) is 30.3 Å². The van der Waals surface area contributed by atoms with Crippen molar-refractivity contribution in [3.63, 3.8) is 0 Å². The van der Waals surface area contributed by atoms with Crippen molar-refractivity contribution in [1.82, 2.24) is 0 Å². The van der Waals surface area contributed by atoms with Crippen LogP contribution in [-0.4, -0.2) is 30.3 Å². The van der Waals surface area contributed by atoms with Gasteiger partial charge in [-0.15, -0.1) is 0 Å². The third-order valence-electron chi connectivity index (χ3n) is 7.34. The van der Waals surface area contributed by atoms with Gasteiger partial charge >= 0.3 is 5.97 Å². The van der Waals surface area contributed by atoms with Crippen molar-refractivity contribution < 1.29 is 23.9 Å². The van der Waals surface area contributed by atoms with Crippen LogP contribution in [0.4, 0.5) is 11.4 Å². The molecular formula is C30H27ClN2O5. The Balaban J connectivity index is 1.25. The summed E-state index contributed by atoms with van der Waals surface area (Å²) >= 11 is 5.98. The van der Waals surface area contributed by atoms with Crippen LogP contribution in [0.25, 0.3) is 0 Å². The van der Waals surface area contributed by atoms with Gasteiger partial charge < -0.3 is 10.1 Å². The molecule has 3 aromatic rings. The molecule has 1 saturated carbocycles. The second-order valence-corrected chi connectivity index (χ2v) is 10.2. The molecule has 2 aliphatic rings. The fourth-order valence-corrected chi connectivity index (χ4v) is 5.54. The summed E-state index contributed by atoms with van der Waals surface area (Å²) in [4.78, 5) is 52.8. The van der Waals surface area contributed by atoms with Crippen molar-refractivity contribution in [2.45, 2.75) is 32.1 Å². The van der Waals surface area contributed by atoms with Crippen molar-refractivity contribution in [3.8, 4) is 0 Å². The van der Waals surface area contributed by atoms with E-state index in [-0.39, 0.29) is 35.1 Å². The number of carbonyl (C=O) groups is 4. The first-order valence-electron chi connectivity index (χ1n) is 12.6. The Hall–Kier alpha value is -3.97. The lowest BCUT2D eigenvalue weighted by atomic mass is 9.73. The van der Waals surface area contributed by atoms with Gasteiger partial charge in [-0.1, -0.05) is 54.1 Å². The summed E-state index contributed by atoms with van der Waals surface area (Å²) in [5.74, 6) is -2.20. The average Bonchev–Trinajstić information content (AvgIpc) is 3.18. The molecule has 0 aromatic heterocycles. The number of amides is 3. The molecule has 0 spiro atoms. The van der Waals surface area contributed by atoms with Crippen LogP contribution in [0.1, 0.15) is 46.7 Å². The molecule has 1 heterocycles. The van der Waals surface area contributed by atoms with Gasteiger partial charge in [0.1, 0.15) is 0 Å². The van der Waals surface area contributed by atoms with Crippen LogP contribution < -0.4 is 10.2 Å². The zero-order valence-electron chi connectivity index (χ0n) is 20.9. The van der Waals surface area contributed by atoms with E-state index in [1.165, 1.54) is 22.6 Å². The smallest absolute Gasteiger partial charge is 0.338 e. The molecule has 1 aliphatic heterocycles. The van der Waals surface area contributed by atoms with Gasteiger partial charge in [0.15, 0.2) is 6.61 Å². The molecule has 0 radical (unpaired) electrons. The topological polar surface area (TPSA) is 92.8 Å². The minimum atomic E-state index is -0.731. The van der Waals surface area contributed by atoms with E-state index in [0.29, 0.717) is 29.2 Å². The van der Waals surface area contributed by atoms with Crippen LogP contribution in [-0.2, 0) is 19.1 Å². The van der Waals surface area contributed by atoms with E-state index in [2.05, 4.69) is 17.4 Å². The number of imide groups is 1. The van der Waals surface area contributed by atoms with Crippen molar-refractivity contribution in [2.75, 3.05) is 16.8 Å². The first-order chi connectivity index (χ1) is 18.3. The number of hydrogen-bond acceptors (Lipinski definition) is 5. The molecule has 0 bridgehead atoms. The summed E-state index contributed by atoms with van der Waals surface area (Å²) in [5, 5.41) is 3.14. The Bertz CT molecular complexity index is 1410. The number of benzene rings is 3. The predicted molar refractivity (Wildman–Crippen MR) is 144 cm³/mol. The van der Waals surface area contributed by atoms with Gasteiger partial charge in [0, 0.05) is 10.7 Å². The quantitative estimate of drug-likeness (QED) is 0.335. The van der Waals surface area contributed by atoms with Crippen LogP contribution in [0, 0.1) is 18.8 Å². The van der Waals surface area contributed by atoms with E-state index < -0.39 is 18.5 Å². The minimum absolute atomic E-state index is 0.145. The number of halogens is 1. The lowest BCUT2D eigenvalue weighted by Gasteiger charge is -2.28. The monoisotopic (exact) mass is 530 g/mol. The highest BCUT2D eigenvalue weighted by Gasteiger charge is 2.50. The highest BCUT2D eigenvalue weighted by atomic mass is 35.5. The first-order valence-corrected chi connectivity index (χ1v) is 13.0. The van der Waals surface area contributed by atoms with E-state index in [4.69, 9.17) is 16.3 Å². The largest absolute Gasteiger partial charge is 0.452 e. The van der Waals surface area contributed by atoms with Crippen LogP contribution in [0.3, 0.4) is 0 Å². The van der Waals surface area contributed by atoms with E-state index in [1.807, 2.05) is 25.1 Å². The third-order valence-corrected chi connectivity index (χ3v) is 7.58. The van der Waals surface area contributed by atoms with Gasteiger partial charge in [0.25, 0.3) is 5.91 Å². The molecule has 0 unspecified atom stereocenters. The summed E-state index contributed by atoms with van der Waals surface area (Å²) in [6.45, 7) is 1.32. The predicted octanol–water partition coefficient (Wildman–Crippen LogP) is 5.52. The zero-order chi connectivity index (χ0) is 26.8. The van der Waals surface area contributed by atoms with Gasteiger partial charge in [-0.05, 0) is 73.6 Å². The lowest BCUT2D eigenvalue weighted by molar-refractivity contribution is -0.122. The third kappa shape index (κ3) is 5.20. The molecule has 3 aromatic carbocycles. The lowest BCUT2D eigenvalue weighted by Crippen LogP contribution is -2.31. The number of carbonyl (C=O) groups excluding carboxylic acids is 4. The molecule has 3 atom stereocenters. The Labute approximate surface area is 225 Å².